The Labute approximate surface area is 160 Å². The van der Waals surface area contributed by atoms with Gasteiger partial charge in [0.1, 0.15) is 5.75 Å². The Morgan fingerprint density at radius 1 is 1.22 bits per heavy atom. The Balaban J connectivity index is 0.00000192. The number of nitrogens with zero attached hydrogens (tertiary/aromatic N) is 1. The number of aromatic nitrogens is 1. The number of carbonyl (C=O) groups excluding carboxylic acids is 1. The van der Waals surface area contributed by atoms with Crippen molar-refractivity contribution in [3.63, 3.8) is 0 Å². The van der Waals surface area contributed by atoms with E-state index in [1.165, 1.54) is 0 Å². The molecule has 1 heterocycles. The fraction of sp³-hybridized carbons (Fsp3) is 0.158. The summed E-state index contributed by atoms with van der Waals surface area (Å²) >= 11 is 0. The molecule has 4 heteroatoms. The fourth-order valence-electron chi connectivity index (χ4n) is 2.45. The van der Waals surface area contributed by atoms with Gasteiger partial charge in [0.05, 0.1) is 17.4 Å². The van der Waals surface area contributed by atoms with Gasteiger partial charge in [-0.25, -0.2) is 0 Å². The van der Waals surface area contributed by atoms with Crippen LogP contribution in [0.15, 0.2) is 42.6 Å². The summed E-state index contributed by atoms with van der Waals surface area (Å²) in [5.41, 5.74) is 1.30. The normalized spacial score (nSPS) is 15.3. The summed E-state index contributed by atoms with van der Waals surface area (Å²) in [6.07, 6.45) is 11.9. The summed E-state index contributed by atoms with van der Waals surface area (Å²) in [5, 5.41) is 1.86. The number of hydrogen-bond donors (Lipinski definition) is 0. The van der Waals surface area contributed by atoms with Crippen molar-refractivity contribution < 1.29 is 42.2 Å². The maximum atomic E-state index is 10.9. The SMILES string of the molecule is Cc1c([C-]=O)cccc1Oc1ccnc2c1=CC(C)C=CC=2.[Y]. The van der Waals surface area contributed by atoms with E-state index in [-0.39, 0.29) is 32.7 Å². The van der Waals surface area contributed by atoms with Gasteiger partial charge < -0.3 is 9.53 Å². The Morgan fingerprint density at radius 2 is 2.04 bits per heavy atom. The fourth-order valence-corrected chi connectivity index (χ4v) is 2.45. The minimum absolute atomic E-state index is 0. The van der Waals surface area contributed by atoms with Crippen LogP contribution in [0, 0.1) is 12.8 Å². The Morgan fingerprint density at radius 3 is 2.83 bits per heavy atom. The standard InChI is InChI=1S/C19H16NO2.Y/c1-13-5-3-7-17-16(11-13)19(9-10-20-17)22-18-8-4-6-15(12-21)14(18)2;/h3-11,13H,1-2H3;/q-1;. The van der Waals surface area contributed by atoms with Crippen molar-refractivity contribution in [1.82, 2.24) is 4.98 Å². The van der Waals surface area contributed by atoms with E-state index in [0.29, 0.717) is 17.2 Å². The van der Waals surface area contributed by atoms with Gasteiger partial charge in [0.25, 0.3) is 0 Å². The van der Waals surface area contributed by atoms with E-state index in [9.17, 15) is 4.79 Å². The van der Waals surface area contributed by atoms with Gasteiger partial charge in [0.15, 0.2) is 0 Å². The second kappa shape index (κ2) is 7.80. The number of benzene rings is 1. The van der Waals surface area contributed by atoms with Gasteiger partial charge in [-0.15, -0.1) is 17.2 Å². The molecule has 3 nitrogen and oxygen atoms in total. The molecule has 0 amide bonds. The molecule has 23 heavy (non-hydrogen) atoms. The number of allylic oxidation sites excluding steroid dienone is 2. The minimum Gasteiger partial charge on any atom is -0.469 e. The van der Waals surface area contributed by atoms with Crippen LogP contribution in [0.5, 0.6) is 11.5 Å². The Bertz CT molecular complexity index is 871. The molecule has 0 saturated heterocycles. The molecule has 1 aromatic carbocycles. The van der Waals surface area contributed by atoms with Crippen LogP contribution in [0.3, 0.4) is 0 Å². The molecule has 1 aromatic heterocycles. The van der Waals surface area contributed by atoms with E-state index in [1.807, 2.05) is 37.5 Å². The van der Waals surface area contributed by atoms with Gasteiger partial charge in [-0.05, 0) is 24.1 Å². The topological polar surface area (TPSA) is 39.2 Å². The second-order valence-electron chi connectivity index (χ2n) is 5.32. The zero-order valence-corrected chi connectivity index (χ0v) is 16.0. The van der Waals surface area contributed by atoms with E-state index >= 15 is 0 Å². The zero-order chi connectivity index (χ0) is 15.5. The van der Waals surface area contributed by atoms with E-state index in [4.69, 9.17) is 4.74 Å². The molecule has 1 atom stereocenters. The molecule has 0 spiro atoms. The van der Waals surface area contributed by atoms with Crippen LogP contribution in [-0.2, 0) is 37.5 Å². The Hall–Kier alpha value is -1.58. The largest absolute Gasteiger partial charge is 0.469 e. The van der Waals surface area contributed by atoms with Crippen molar-refractivity contribution in [2.45, 2.75) is 13.8 Å². The molecule has 1 radical (unpaired) electrons. The summed E-state index contributed by atoms with van der Waals surface area (Å²) in [7, 11) is 0. The quantitative estimate of drug-likeness (QED) is 0.769. The molecule has 113 valence electrons. The van der Waals surface area contributed by atoms with E-state index in [2.05, 4.69) is 24.1 Å². The first-order valence-corrected chi connectivity index (χ1v) is 7.20. The molecule has 2 aromatic rings. The molecule has 3 rings (SSSR count). The van der Waals surface area contributed by atoms with Gasteiger partial charge in [-0.1, -0.05) is 32.1 Å². The predicted molar refractivity (Wildman–Crippen MR) is 86.8 cm³/mol. The summed E-state index contributed by atoms with van der Waals surface area (Å²) in [6, 6.07) is 7.22. The molecule has 1 aliphatic carbocycles. The summed E-state index contributed by atoms with van der Waals surface area (Å²) in [5.74, 6) is 1.70. The third-order valence-corrected chi connectivity index (χ3v) is 3.69. The van der Waals surface area contributed by atoms with Crippen molar-refractivity contribution >= 4 is 18.4 Å². The molecule has 0 bridgehead atoms. The number of hydrogen-bond acceptors (Lipinski definition) is 3. The number of rotatable bonds is 3. The van der Waals surface area contributed by atoms with E-state index in [1.54, 1.807) is 18.3 Å². The molecule has 0 aliphatic heterocycles. The maximum absolute atomic E-state index is 10.9. The van der Waals surface area contributed by atoms with Crippen molar-refractivity contribution in [3.8, 4) is 11.5 Å². The third kappa shape index (κ3) is 3.85. The molecule has 1 unspecified atom stereocenters. The molecular weight excluding hydrogens is 363 g/mol. The predicted octanol–water partition coefficient (Wildman–Crippen LogP) is 2.40. The van der Waals surface area contributed by atoms with Gasteiger partial charge >= 0.3 is 0 Å². The molecule has 0 fully saturated rings. The first-order chi connectivity index (χ1) is 10.7. The van der Waals surface area contributed by atoms with Crippen LogP contribution < -0.4 is 15.3 Å². The molecular formula is C19H16NO2Y-. The second-order valence-corrected chi connectivity index (χ2v) is 5.32. The molecule has 1 aliphatic rings. The van der Waals surface area contributed by atoms with Crippen molar-refractivity contribution in [3.05, 3.63) is 64.3 Å². The number of fused-ring (bicyclic) bond motifs is 1. The Kier molecular flexibility index (Phi) is 6.03. The smallest absolute Gasteiger partial charge is 0.136 e. The summed E-state index contributed by atoms with van der Waals surface area (Å²) < 4.78 is 6.06. The molecule has 0 saturated carbocycles. The van der Waals surface area contributed by atoms with Crippen molar-refractivity contribution in [2.24, 2.45) is 5.92 Å². The van der Waals surface area contributed by atoms with Crippen molar-refractivity contribution in [2.75, 3.05) is 0 Å². The van der Waals surface area contributed by atoms with Crippen LogP contribution in [-0.4, -0.2) is 11.3 Å². The van der Waals surface area contributed by atoms with Crippen molar-refractivity contribution in [1.29, 1.82) is 0 Å². The van der Waals surface area contributed by atoms with Gasteiger partial charge in [-0.3, -0.25) is 4.98 Å². The zero-order valence-electron chi connectivity index (χ0n) is 13.1. The number of pyridine rings is 1. The van der Waals surface area contributed by atoms with Gasteiger partial charge in [0, 0.05) is 44.1 Å². The van der Waals surface area contributed by atoms with Gasteiger partial charge in [0.2, 0.25) is 0 Å². The average Bonchev–Trinajstić information content (AvgIpc) is 2.71. The van der Waals surface area contributed by atoms with E-state index < -0.39 is 0 Å². The van der Waals surface area contributed by atoms with Crippen LogP contribution in [0.2, 0.25) is 0 Å². The monoisotopic (exact) mass is 379 g/mol. The molecule has 0 N–H and O–H groups in total. The minimum atomic E-state index is 0. The van der Waals surface area contributed by atoms with Crippen LogP contribution in [0.1, 0.15) is 18.1 Å². The maximum Gasteiger partial charge on any atom is 0.136 e. The first-order valence-electron chi connectivity index (χ1n) is 7.20. The first kappa shape index (κ1) is 17.8. The van der Waals surface area contributed by atoms with Crippen LogP contribution in [0.25, 0.3) is 12.2 Å². The third-order valence-electron chi connectivity index (χ3n) is 3.69. The average molecular weight is 379 g/mol. The summed E-state index contributed by atoms with van der Waals surface area (Å²) in [6.45, 7) is 3.97. The summed E-state index contributed by atoms with van der Waals surface area (Å²) in [4.78, 5) is 15.3. The van der Waals surface area contributed by atoms with Gasteiger partial charge in [-0.2, -0.15) is 6.07 Å². The van der Waals surface area contributed by atoms with E-state index in [0.717, 1.165) is 21.9 Å². The van der Waals surface area contributed by atoms with Crippen LogP contribution >= 0.6 is 0 Å². The van der Waals surface area contributed by atoms with Crippen LogP contribution in [0.4, 0.5) is 0 Å². The number of ether oxygens (including phenoxy) is 1.